The molecular formula is C14H17FN4O2. The fraction of sp³-hybridized carbons (Fsp3) is 0.500. The number of ether oxygens (including phenoxy) is 1. The van der Waals surface area contributed by atoms with E-state index in [1.54, 1.807) is 11.1 Å². The molecule has 2 fully saturated rings. The maximum atomic E-state index is 14.0. The summed E-state index contributed by atoms with van der Waals surface area (Å²) in [5, 5.41) is 0. The Hall–Kier alpha value is -2.02. The van der Waals surface area contributed by atoms with Crippen LogP contribution in [0.1, 0.15) is 34.7 Å². The zero-order valence-corrected chi connectivity index (χ0v) is 11.6. The van der Waals surface area contributed by atoms with Crippen molar-refractivity contribution in [3.8, 4) is 0 Å². The molecule has 0 atom stereocenters. The van der Waals surface area contributed by atoms with Crippen LogP contribution in [0.3, 0.4) is 0 Å². The number of pyridine rings is 1. The third-order valence-corrected chi connectivity index (χ3v) is 3.71. The summed E-state index contributed by atoms with van der Waals surface area (Å²) < 4.78 is 19.2. The van der Waals surface area contributed by atoms with Crippen LogP contribution >= 0.6 is 0 Å². The summed E-state index contributed by atoms with van der Waals surface area (Å²) >= 11 is 0. The van der Waals surface area contributed by atoms with Gasteiger partial charge in [-0.3, -0.25) is 9.78 Å². The van der Waals surface area contributed by atoms with Gasteiger partial charge in [-0.25, -0.2) is 4.39 Å². The van der Waals surface area contributed by atoms with Crippen LogP contribution in [-0.2, 0) is 4.74 Å². The number of hydrogen-bond acceptors (Lipinski definition) is 3. The van der Waals surface area contributed by atoms with Gasteiger partial charge in [-0.1, -0.05) is 0 Å². The number of nitrogens with zero attached hydrogens (tertiary/aromatic N) is 3. The van der Waals surface area contributed by atoms with Crippen LogP contribution < -0.4 is 5.73 Å². The number of halogens is 1. The lowest BCUT2D eigenvalue weighted by Crippen LogP contribution is -2.45. The highest BCUT2D eigenvalue weighted by molar-refractivity contribution is 6.03. The minimum atomic E-state index is -0.638. The van der Waals surface area contributed by atoms with E-state index in [0.717, 1.165) is 19.0 Å². The Kier molecular flexibility index (Phi) is 3.83. The van der Waals surface area contributed by atoms with E-state index in [1.807, 2.05) is 0 Å². The second kappa shape index (κ2) is 5.77. The molecule has 0 bridgehead atoms. The van der Waals surface area contributed by atoms with Crippen LogP contribution in [0, 0.1) is 5.82 Å². The first-order valence-electron chi connectivity index (χ1n) is 7.01. The van der Waals surface area contributed by atoms with Crippen molar-refractivity contribution in [3.63, 3.8) is 0 Å². The summed E-state index contributed by atoms with van der Waals surface area (Å²) in [5.74, 6) is -0.947. The smallest absolute Gasteiger partial charge is 0.283 e. The fourth-order valence-electron chi connectivity index (χ4n) is 2.40. The van der Waals surface area contributed by atoms with Gasteiger partial charge in [-0.05, 0) is 24.3 Å². The molecular weight excluding hydrogens is 275 g/mol. The molecule has 1 aliphatic heterocycles. The molecule has 0 spiro atoms. The molecule has 21 heavy (non-hydrogen) atoms. The number of aromatic nitrogens is 1. The number of aliphatic imine (C=N–C) groups is 1. The van der Waals surface area contributed by atoms with E-state index < -0.39 is 11.7 Å². The molecule has 112 valence electrons. The van der Waals surface area contributed by atoms with Gasteiger partial charge in [0.1, 0.15) is 0 Å². The van der Waals surface area contributed by atoms with Crippen molar-refractivity contribution in [2.24, 2.45) is 10.7 Å². The molecule has 1 saturated heterocycles. The van der Waals surface area contributed by atoms with Gasteiger partial charge in [-0.15, -0.1) is 0 Å². The topological polar surface area (TPSA) is 80.8 Å². The highest BCUT2D eigenvalue weighted by Gasteiger charge is 2.30. The number of morpholine rings is 1. The maximum absolute atomic E-state index is 14.0. The van der Waals surface area contributed by atoms with E-state index in [2.05, 4.69) is 9.98 Å². The first kappa shape index (κ1) is 13.9. The second-order valence-electron chi connectivity index (χ2n) is 5.23. The molecule has 1 aromatic rings. The van der Waals surface area contributed by atoms with Crippen molar-refractivity contribution < 1.29 is 13.9 Å². The summed E-state index contributed by atoms with van der Waals surface area (Å²) in [7, 11) is 0. The molecule has 0 aromatic carbocycles. The quantitative estimate of drug-likeness (QED) is 0.646. The Morgan fingerprint density at radius 2 is 2.10 bits per heavy atom. The number of carbonyl (C=O) groups is 1. The number of guanidine groups is 1. The van der Waals surface area contributed by atoms with Crippen molar-refractivity contribution >= 4 is 11.9 Å². The van der Waals surface area contributed by atoms with Gasteiger partial charge >= 0.3 is 0 Å². The standard InChI is InChI=1S/C14H17FN4O2/c15-11-8-17-7-10(9-1-2-9)12(11)13(20)18-14(16)19-3-5-21-6-4-19/h7-9H,1-6H2,(H2,16,18,20). The van der Waals surface area contributed by atoms with Crippen LogP contribution in [0.25, 0.3) is 0 Å². The van der Waals surface area contributed by atoms with Crippen molar-refractivity contribution in [2.75, 3.05) is 26.3 Å². The van der Waals surface area contributed by atoms with E-state index in [1.165, 1.54) is 0 Å². The molecule has 0 radical (unpaired) electrons. The number of hydrogen-bond donors (Lipinski definition) is 1. The van der Waals surface area contributed by atoms with Crippen LogP contribution in [0.4, 0.5) is 4.39 Å². The molecule has 1 aliphatic carbocycles. The predicted molar refractivity (Wildman–Crippen MR) is 74.5 cm³/mol. The maximum Gasteiger partial charge on any atom is 0.283 e. The average molecular weight is 292 g/mol. The van der Waals surface area contributed by atoms with Crippen LogP contribution in [-0.4, -0.2) is 48.1 Å². The lowest BCUT2D eigenvalue weighted by atomic mass is 10.1. The molecule has 1 aromatic heterocycles. The van der Waals surface area contributed by atoms with Crippen molar-refractivity contribution in [1.82, 2.24) is 9.88 Å². The van der Waals surface area contributed by atoms with Gasteiger partial charge in [0, 0.05) is 19.3 Å². The second-order valence-corrected chi connectivity index (χ2v) is 5.23. The van der Waals surface area contributed by atoms with E-state index in [0.29, 0.717) is 31.9 Å². The summed E-state index contributed by atoms with van der Waals surface area (Å²) in [6, 6.07) is 0. The molecule has 7 heteroatoms. The van der Waals surface area contributed by atoms with Crippen molar-refractivity contribution in [2.45, 2.75) is 18.8 Å². The highest BCUT2D eigenvalue weighted by Crippen LogP contribution is 2.41. The Morgan fingerprint density at radius 3 is 2.76 bits per heavy atom. The zero-order valence-electron chi connectivity index (χ0n) is 11.6. The number of carbonyl (C=O) groups excluding carboxylic acids is 1. The normalized spacial score (nSPS) is 19.7. The summed E-state index contributed by atoms with van der Waals surface area (Å²) in [4.78, 5) is 21.7. The monoisotopic (exact) mass is 292 g/mol. The molecule has 2 N–H and O–H groups in total. The predicted octanol–water partition coefficient (Wildman–Crippen LogP) is 0.885. The molecule has 6 nitrogen and oxygen atoms in total. The van der Waals surface area contributed by atoms with E-state index in [4.69, 9.17) is 10.5 Å². The lowest BCUT2D eigenvalue weighted by Gasteiger charge is -2.27. The first-order chi connectivity index (χ1) is 10.2. The number of amides is 1. The Morgan fingerprint density at radius 1 is 1.38 bits per heavy atom. The van der Waals surface area contributed by atoms with E-state index >= 15 is 0 Å². The molecule has 1 saturated carbocycles. The minimum Gasteiger partial charge on any atom is -0.378 e. The largest absolute Gasteiger partial charge is 0.378 e. The summed E-state index contributed by atoms with van der Waals surface area (Å²) in [6.45, 7) is 2.25. The molecule has 0 unspecified atom stereocenters. The van der Waals surface area contributed by atoms with Gasteiger partial charge in [0.25, 0.3) is 5.91 Å². The summed E-state index contributed by atoms with van der Waals surface area (Å²) in [5.41, 5.74) is 6.48. The minimum absolute atomic E-state index is 0.00343. The number of rotatable bonds is 2. The van der Waals surface area contributed by atoms with Gasteiger partial charge in [0.2, 0.25) is 0 Å². The third-order valence-electron chi connectivity index (χ3n) is 3.71. The van der Waals surface area contributed by atoms with E-state index in [9.17, 15) is 9.18 Å². The number of nitrogens with two attached hydrogens (primary N) is 1. The molecule has 1 amide bonds. The van der Waals surface area contributed by atoms with Gasteiger partial charge in [0.15, 0.2) is 11.8 Å². The van der Waals surface area contributed by atoms with Gasteiger partial charge < -0.3 is 15.4 Å². The Balaban J connectivity index is 1.84. The molecule has 2 heterocycles. The zero-order chi connectivity index (χ0) is 14.8. The summed E-state index contributed by atoms with van der Waals surface area (Å²) in [6.07, 6.45) is 4.50. The van der Waals surface area contributed by atoms with E-state index in [-0.39, 0.29) is 17.4 Å². The average Bonchev–Trinajstić information content (AvgIpc) is 3.32. The van der Waals surface area contributed by atoms with Crippen LogP contribution in [0.5, 0.6) is 0 Å². The van der Waals surface area contributed by atoms with Crippen molar-refractivity contribution in [1.29, 1.82) is 0 Å². The fourth-order valence-corrected chi connectivity index (χ4v) is 2.40. The first-order valence-corrected chi connectivity index (χ1v) is 7.01. The Bertz CT molecular complexity index is 580. The molecule has 2 aliphatic rings. The SMILES string of the molecule is NC(=NC(=O)c1c(F)cncc1C1CC1)N1CCOCC1. The molecule has 3 rings (SSSR count). The van der Waals surface area contributed by atoms with Gasteiger partial charge in [-0.2, -0.15) is 4.99 Å². The Labute approximate surface area is 121 Å². The third kappa shape index (κ3) is 3.02. The van der Waals surface area contributed by atoms with Gasteiger partial charge in [0.05, 0.1) is 25.0 Å². The lowest BCUT2D eigenvalue weighted by molar-refractivity contribution is 0.0671. The van der Waals surface area contributed by atoms with Crippen LogP contribution in [0.15, 0.2) is 17.4 Å². The van der Waals surface area contributed by atoms with Crippen molar-refractivity contribution in [3.05, 3.63) is 29.3 Å². The van der Waals surface area contributed by atoms with Crippen LogP contribution in [0.2, 0.25) is 0 Å². The highest BCUT2D eigenvalue weighted by atomic mass is 19.1.